The number of nitrogens with zero attached hydrogens (tertiary/aromatic N) is 6. The van der Waals surface area contributed by atoms with Gasteiger partial charge in [-0.25, -0.2) is 19.7 Å². The molecule has 2 aliphatic heterocycles. The van der Waals surface area contributed by atoms with Crippen LogP contribution in [0.25, 0.3) is 22.7 Å². The standard InChI is InChI=1S/C22H17ClN6O2/c1-31-16-8-6-14(7-9-16)10-29-21-19(27-22(29)30)18-20(24-12-25-21)28(13-26-18)11-15-4-2-3-5-17(15)23/h2-9,12-13H,10-11H2,1H3. The highest BCUT2D eigenvalue weighted by Gasteiger charge is 2.21. The smallest absolute Gasteiger partial charge is 0.350 e. The third-order valence-electron chi connectivity index (χ3n) is 5.10. The van der Waals surface area contributed by atoms with Gasteiger partial charge in [0, 0.05) is 5.02 Å². The lowest BCUT2D eigenvalue weighted by Crippen LogP contribution is -2.17. The van der Waals surface area contributed by atoms with Crippen molar-refractivity contribution < 1.29 is 4.74 Å². The van der Waals surface area contributed by atoms with E-state index in [0.717, 1.165) is 16.9 Å². The highest BCUT2D eigenvalue weighted by Crippen LogP contribution is 2.25. The molecule has 5 rings (SSSR count). The number of methoxy groups -OCH3 is 1. The number of halogens is 1. The highest BCUT2D eigenvalue weighted by molar-refractivity contribution is 6.31. The number of imidazole rings is 2. The Morgan fingerprint density at radius 1 is 1.00 bits per heavy atom. The summed E-state index contributed by atoms with van der Waals surface area (Å²) in [5.74, 6) is 1.19. The van der Waals surface area contributed by atoms with E-state index in [2.05, 4.69) is 19.9 Å². The van der Waals surface area contributed by atoms with Crippen molar-refractivity contribution >= 4 is 22.8 Å². The molecule has 2 aliphatic rings. The van der Waals surface area contributed by atoms with Crippen molar-refractivity contribution in [3.8, 4) is 17.3 Å². The number of aromatic nitrogens is 6. The van der Waals surface area contributed by atoms with Gasteiger partial charge in [-0.3, -0.25) is 4.57 Å². The summed E-state index contributed by atoms with van der Waals surface area (Å²) in [6, 6.07) is 15.1. The average molecular weight is 433 g/mol. The van der Waals surface area contributed by atoms with E-state index in [1.54, 1.807) is 13.4 Å². The van der Waals surface area contributed by atoms with E-state index in [0.29, 0.717) is 40.8 Å². The molecule has 3 aromatic rings. The van der Waals surface area contributed by atoms with E-state index < -0.39 is 0 Å². The third kappa shape index (κ3) is 3.51. The molecule has 0 unspecified atom stereocenters. The summed E-state index contributed by atoms with van der Waals surface area (Å²) in [7, 11) is 1.61. The van der Waals surface area contributed by atoms with Crippen LogP contribution < -0.4 is 10.4 Å². The molecule has 1 aromatic heterocycles. The Labute approximate surface area is 182 Å². The fourth-order valence-electron chi connectivity index (χ4n) is 3.51. The minimum absolute atomic E-state index is 0.332. The maximum atomic E-state index is 12.7. The van der Waals surface area contributed by atoms with Crippen LogP contribution in [0.4, 0.5) is 0 Å². The summed E-state index contributed by atoms with van der Waals surface area (Å²) in [5.41, 5.74) is 3.01. The minimum Gasteiger partial charge on any atom is -0.497 e. The molecular weight excluding hydrogens is 416 g/mol. The Morgan fingerprint density at radius 2 is 1.81 bits per heavy atom. The summed E-state index contributed by atoms with van der Waals surface area (Å²) >= 11 is 6.30. The first-order valence-electron chi connectivity index (χ1n) is 9.57. The Morgan fingerprint density at radius 3 is 2.58 bits per heavy atom. The number of benzene rings is 2. The van der Waals surface area contributed by atoms with Crippen LogP contribution in [0.1, 0.15) is 11.1 Å². The minimum atomic E-state index is -0.383. The van der Waals surface area contributed by atoms with Crippen LogP contribution in [-0.4, -0.2) is 36.2 Å². The van der Waals surface area contributed by atoms with Crippen molar-refractivity contribution in [2.24, 2.45) is 0 Å². The number of fused-ring (bicyclic) bond motifs is 3. The molecular formula is C22H17ClN6O2. The normalized spacial score (nSPS) is 11.3. The van der Waals surface area contributed by atoms with Gasteiger partial charge in [0.25, 0.3) is 0 Å². The lowest BCUT2D eigenvalue weighted by molar-refractivity contribution is 0.414. The molecule has 0 saturated carbocycles. The van der Waals surface area contributed by atoms with Gasteiger partial charge in [0.2, 0.25) is 0 Å². The zero-order chi connectivity index (χ0) is 21.4. The fourth-order valence-corrected chi connectivity index (χ4v) is 3.71. The first-order chi connectivity index (χ1) is 15.1. The first kappa shape index (κ1) is 19.2. The van der Waals surface area contributed by atoms with Crippen molar-refractivity contribution in [2.75, 3.05) is 7.11 Å². The van der Waals surface area contributed by atoms with Crippen LogP contribution in [-0.2, 0) is 13.1 Å². The Balaban J connectivity index is 1.55. The Bertz CT molecular complexity index is 1410. The van der Waals surface area contributed by atoms with Crippen molar-refractivity contribution in [1.82, 2.24) is 29.1 Å². The van der Waals surface area contributed by atoms with Gasteiger partial charge in [0.05, 0.1) is 26.5 Å². The van der Waals surface area contributed by atoms with Gasteiger partial charge in [-0.15, -0.1) is 0 Å². The predicted octanol–water partition coefficient (Wildman–Crippen LogP) is 3.25. The van der Waals surface area contributed by atoms with Gasteiger partial charge in [-0.05, 0) is 29.3 Å². The number of hydrogen-bond donors (Lipinski definition) is 0. The summed E-state index contributed by atoms with van der Waals surface area (Å²) in [4.78, 5) is 30.2. The molecule has 3 heterocycles. The first-order valence-corrected chi connectivity index (χ1v) is 9.94. The third-order valence-corrected chi connectivity index (χ3v) is 5.47. The number of rotatable bonds is 5. The monoisotopic (exact) mass is 432 g/mol. The molecule has 0 atom stereocenters. The molecule has 154 valence electrons. The van der Waals surface area contributed by atoms with E-state index in [1.807, 2.05) is 53.1 Å². The Hall–Kier alpha value is -3.78. The number of hydrogen-bond acceptors (Lipinski definition) is 6. The second-order valence-corrected chi connectivity index (χ2v) is 7.42. The van der Waals surface area contributed by atoms with E-state index in [1.165, 1.54) is 10.9 Å². The van der Waals surface area contributed by atoms with Crippen molar-refractivity contribution in [2.45, 2.75) is 13.1 Å². The fraction of sp³-hybridized carbons (Fsp3) is 0.136. The molecule has 0 radical (unpaired) electrons. The maximum absolute atomic E-state index is 12.7. The molecule has 0 saturated heterocycles. The van der Waals surface area contributed by atoms with E-state index >= 15 is 0 Å². The number of ether oxygens (including phenoxy) is 1. The lowest BCUT2D eigenvalue weighted by Gasteiger charge is -2.05. The highest BCUT2D eigenvalue weighted by atomic mass is 35.5. The zero-order valence-corrected chi connectivity index (χ0v) is 17.3. The quantitative estimate of drug-likeness (QED) is 0.423. The van der Waals surface area contributed by atoms with Crippen LogP contribution >= 0.6 is 11.6 Å². The summed E-state index contributed by atoms with van der Waals surface area (Å²) in [6.07, 6.45) is 3.11. The van der Waals surface area contributed by atoms with Gasteiger partial charge >= 0.3 is 5.69 Å². The maximum Gasteiger partial charge on any atom is 0.350 e. The van der Waals surface area contributed by atoms with E-state index in [-0.39, 0.29) is 5.69 Å². The van der Waals surface area contributed by atoms with Crippen molar-refractivity contribution in [3.63, 3.8) is 0 Å². The SMILES string of the molecule is COc1ccc(Cn2c3ncnc4c(ncn4Cc4ccccc4Cl)c-3nc2=O)cc1. The Kier molecular flexibility index (Phi) is 4.83. The van der Waals surface area contributed by atoms with Crippen LogP contribution in [0.3, 0.4) is 0 Å². The van der Waals surface area contributed by atoms with E-state index in [4.69, 9.17) is 16.3 Å². The second-order valence-electron chi connectivity index (χ2n) is 7.01. The molecule has 0 bridgehead atoms. The molecule has 0 spiro atoms. The summed E-state index contributed by atoms with van der Waals surface area (Å²) in [5, 5.41) is 0.665. The second kappa shape index (κ2) is 7.81. The van der Waals surface area contributed by atoms with Gasteiger partial charge in [-0.2, -0.15) is 4.98 Å². The van der Waals surface area contributed by atoms with Crippen LogP contribution in [0, 0.1) is 0 Å². The molecule has 2 aromatic carbocycles. The van der Waals surface area contributed by atoms with E-state index in [9.17, 15) is 4.79 Å². The lowest BCUT2D eigenvalue weighted by atomic mass is 10.2. The van der Waals surface area contributed by atoms with Crippen LogP contribution in [0.15, 0.2) is 66.0 Å². The molecule has 0 aliphatic carbocycles. The van der Waals surface area contributed by atoms with Gasteiger partial charge in [0.1, 0.15) is 23.3 Å². The van der Waals surface area contributed by atoms with Gasteiger partial charge in [-0.1, -0.05) is 41.9 Å². The molecule has 9 heteroatoms. The largest absolute Gasteiger partial charge is 0.497 e. The van der Waals surface area contributed by atoms with Crippen molar-refractivity contribution in [3.05, 3.63) is 87.8 Å². The van der Waals surface area contributed by atoms with Crippen LogP contribution in [0.2, 0.25) is 5.02 Å². The molecule has 0 fully saturated rings. The molecule has 31 heavy (non-hydrogen) atoms. The summed E-state index contributed by atoms with van der Waals surface area (Å²) in [6.45, 7) is 0.823. The summed E-state index contributed by atoms with van der Waals surface area (Å²) < 4.78 is 8.58. The van der Waals surface area contributed by atoms with Gasteiger partial charge in [0.15, 0.2) is 11.5 Å². The average Bonchev–Trinajstić information content (AvgIpc) is 3.25. The van der Waals surface area contributed by atoms with Crippen LogP contribution in [0.5, 0.6) is 5.75 Å². The van der Waals surface area contributed by atoms with Crippen molar-refractivity contribution in [1.29, 1.82) is 0 Å². The molecule has 0 amide bonds. The topological polar surface area (TPSA) is 87.7 Å². The molecule has 0 N–H and O–H groups in total. The zero-order valence-electron chi connectivity index (χ0n) is 16.6. The molecule has 8 nitrogen and oxygen atoms in total. The van der Waals surface area contributed by atoms with Gasteiger partial charge < -0.3 is 9.30 Å². The predicted molar refractivity (Wildman–Crippen MR) is 117 cm³/mol.